The summed E-state index contributed by atoms with van der Waals surface area (Å²) in [6, 6.07) is 13.2. The number of hydrogen-bond acceptors (Lipinski definition) is 6. The first-order chi connectivity index (χ1) is 17.3. The monoisotopic (exact) mass is 509 g/mol. The van der Waals surface area contributed by atoms with Gasteiger partial charge in [-0.05, 0) is 63.8 Å². The van der Waals surface area contributed by atoms with Crippen LogP contribution in [0.15, 0.2) is 47.4 Å². The van der Waals surface area contributed by atoms with E-state index in [1.807, 2.05) is 6.07 Å². The van der Waals surface area contributed by atoms with Crippen LogP contribution in [0.3, 0.4) is 0 Å². The molecule has 0 spiro atoms. The van der Waals surface area contributed by atoms with Crippen LogP contribution in [0.1, 0.15) is 68.7 Å². The van der Waals surface area contributed by atoms with Crippen molar-refractivity contribution in [1.29, 1.82) is 5.41 Å². The van der Waals surface area contributed by atoms with Crippen molar-refractivity contribution in [1.82, 2.24) is 4.90 Å². The number of piperidine rings is 1. The number of non-ortho nitro benzene ring substituents is 1. The van der Waals surface area contributed by atoms with Gasteiger partial charge in [0, 0.05) is 41.2 Å². The Bertz CT molecular complexity index is 1130. The van der Waals surface area contributed by atoms with Crippen molar-refractivity contribution in [2.75, 3.05) is 18.0 Å². The molecule has 0 aliphatic carbocycles. The zero-order chi connectivity index (χ0) is 25.8. The molecule has 9 heteroatoms. The molecule has 0 aromatic heterocycles. The Hall–Kier alpha value is -2.91. The number of benzene rings is 2. The zero-order valence-corrected chi connectivity index (χ0v) is 21.8. The number of unbranched alkanes of at least 4 members (excludes halogenated alkanes) is 2. The molecule has 8 nitrogen and oxygen atoms in total. The van der Waals surface area contributed by atoms with Crippen LogP contribution in [-0.2, 0) is 4.79 Å². The van der Waals surface area contributed by atoms with E-state index in [1.54, 1.807) is 29.2 Å². The summed E-state index contributed by atoms with van der Waals surface area (Å²) < 4.78 is 0. The summed E-state index contributed by atoms with van der Waals surface area (Å²) in [7, 11) is 0. The number of nitrogens with zero attached hydrogens (tertiary/aromatic N) is 3. The maximum atomic E-state index is 13.7. The highest BCUT2D eigenvalue weighted by atomic mass is 32.2. The molecular formula is C27H35N5O3S. The number of nitro groups is 1. The van der Waals surface area contributed by atoms with Crippen LogP contribution in [-0.4, -0.2) is 46.7 Å². The third-order valence-corrected chi connectivity index (χ3v) is 8.66. The van der Waals surface area contributed by atoms with Gasteiger partial charge in [0.15, 0.2) is 0 Å². The molecule has 4 rings (SSSR count). The minimum atomic E-state index is -0.492. The SMILES string of the molecule is C[C@@H]1CCC[C@H](C)N1CCCCCN1C(=O)C(c2cccc(C(=N)N)c2)Sc2ccc([N+](=O)[O-])cc21. The molecule has 1 unspecified atom stereocenters. The number of nitro benzene ring substituents is 1. The molecule has 1 saturated heterocycles. The Kier molecular flexibility index (Phi) is 8.31. The van der Waals surface area contributed by atoms with Gasteiger partial charge in [-0.2, -0.15) is 0 Å². The number of rotatable bonds is 9. The van der Waals surface area contributed by atoms with Crippen LogP contribution >= 0.6 is 11.8 Å². The summed E-state index contributed by atoms with van der Waals surface area (Å²) in [4.78, 5) is 29.9. The second-order valence-electron chi connectivity index (χ2n) is 9.86. The average molecular weight is 510 g/mol. The number of fused-ring (bicyclic) bond motifs is 1. The fraction of sp³-hybridized carbons (Fsp3) is 0.481. The van der Waals surface area contributed by atoms with Gasteiger partial charge < -0.3 is 10.6 Å². The number of amides is 1. The normalized spacial score (nSPS) is 22.3. The van der Waals surface area contributed by atoms with E-state index in [4.69, 9.17) is 11.1 Å². The molecule has 0 saturated carbocycles. The predicted octanol–water partition coefficient (Wildman–Crippen LogP) is 5.49. The van der Waals surface area contributed by atoms with Gasteiger partial charge in [0.1, 0.15) is 11.1 Å². The number of nitrogens with two attached hydrogens (primary N) is 1. The summed E-state index contributed by atoms with van der Waals surface area (Å²) in [5.74, 6) is -0.137. The van der Waals surface area contributed by atoms with Gasteiger partial charge >= 0.3 is 0 Å². The summed E-state index contributed by atoms with van der Waals surface area (Å²) in [6.07, 6.45) is 6.70. The van der Waals surface area contributed by atoms with Crippen LogP contribution < -0.4 is 10.6 Å². The van der Waals surface area contributed by atoms with E-state index in [0.717, 1.165) is 36.3 Å². The molecule has 0 bridgehead atoms. The summed E-state index contributed by atoms with van der Waals surface area (Å²) >= 11 is 1.39. The number of nitrogens with one attached hydrogen (secondary N) is 1. The lowest BCUT2D eigenvalue weighted by Gasteiger charge is -2.39. The Labute approximate surface area is 216 Å². The number of nitrogen functional groups attached to an aromatic ring is 1. The Balaban J connectivity index is 1.49. The van der Waals surface area contributed by atoms with Crippen molar-refractivity contribution in [3.05, 3.63) is 63.7 Å². The van der Waals surface area contributed by atoms with Gasteiger partial charge in [-0.15, -0.1) is 11.8 Å². The third kappa shape index (κ3) is 5.73. The molecule has 2 aromatic carbocycles. The molecule has 36 heavy (non-hydrogen) atoms. The minimum absolute atomic E-state index is 0.0164. The van der Waals surface area contributed by atoms with E-state index in [2.05, 4.69) is 18.7 Å². The fourth-order valence-electron chi connectivity index (χ4n) is 5.33. The Morgan fingerprint density at radius 3 is 2.53 bits per heavy atom. The molecule has 2 aliphatic rings. The lowest BCUT2D eigenvalue weighted by molar-refractivity contribution is -0.384. The summed E-state index contributed by atoms with van der Waals surface area (Å²) in [6.45, 7) is 6.20. The fourth-order valence-corrected chi connectivity index (χ4v) is 6.54. The molecule has 192 valence electrons. The summed E-state index contributed by atoms with van der Waals surface area (Å²) in [5, 5.41) is 18.7. The van der Waals surface area contributed by atoms with E-state index in [9.17, 15) is 14.9 Å². The minimum Gasteiger partial charge on any atom is -0.384 e. The molecular weight excluding hydrogens is 474 g/mol. The van der Waals surface area contributed by atoms with Crippen LogP contribution in [0.4, 0.5) is 11.4 Å². The van der Waals surface area contributed by atoms with E-state index >= 15 is 0 Å². The first-order valence-corrected chi connectivity index (χ1v) is 13.6. The first kappa shape index (κ1) is 26.2. The largest absolute Gasteiger partial charge is 0.384 e. The maximum Gasteiger partial charge on any atom is 0.271 e. The van der Waals surface area contributed by atoms with E-state index < -0.39 is 10.2 Å². The average Bonchev–Trinajstić information content (AvgIpc) is 2.86. The highest BCUT2D eigenvalue weighted by molar-refractivity contribution is 8.00. The van der Waals surface area contributed by atoms with Gasteiger partial charge in [0.05, 0.1) is 10.6 Å². The van der Waals surface area contributed by atoms with Crippen molar-refractivity contribution in [3.8, 4) is 0 Å². The van der Waals surface area contributed by atoms with Gasteiger partial charge in [-0.1, -0.05) is 31.0 Å². The van der Waals surface area contributed by atoms with E-state index in [1.165, 1.54) is 43.2 Å². The van der Waals surface area contributed by atoms with Crippen LogP contribution in [0.25, 0.3) is 0 Å². The number of anilines is 1. The smallest absolute Gasteiger partial charge is 0.271 e. The van der Waals surface area contributed by atoms with Gasteiger partial charge in [0.2, 0.25) is 5.91 Å². The second-order valence-corrected chi connectivity index (χ2v) is 11.0. The molecule has 2 aliphatic heterocycles. The van der Waals surface area contributed by atoms with Gasteiger partial charge in [-0.3, -0.25) is 25.2 Å². The molecule has 2 aromatic rings. The summed E-state index contributed by atoms with van der Waals surface area (Å²) in [5.41, 5.74) is 7.62. The third-order valence-electron chi connectivity index (χ3n) is 7.35. The van der Waals surface area contributed by atoms with Crippen molar-refractivity contribution in [2.45, 2.75) is 74.6 Å². The second kappa shape index (κ2) is 11.4. The van der Waals surface area contributed by atoms with Crippen LogP contribution in [0.5, 0.6) is 0 Å². The van der Waals surface area contributed by atoms with Crippen LogP contribution in [0, 0.1) is 15.5 Å². The highest BCUT2D eigenvalue weighted by Crippen LogP contribution is 2.47. The van der Waals surface area contributed by atoms with Crippen molar-refractivity contribution < 1.29 is 9.72 Å². The standard InChI is InChI=1S/C27H35N5O3S/c1-18-8-6-9-19(2)30(18)14-4-3-5-15-31-23-17-22(32(34)35)12-13-24(23)36-25(27(31)33)20-10-7-11-21(16-20)26(28)29/h7,10-13,16-19,25H,3-6,8-9,14-15H2,1-2H3,(H3,28,29)/t18-,19+,25?. The zero-order valence-electron chi connectivity index (χ0n) is 21.0. The lowest BCUT2D eigenvalue weighted by Crippen LogP contribution is -2.44. The quantitative estimate of drug-likeness (QED) is 0.152. The predicted molar refractivity (Wildman–Crippen MR) is 145 cm³/mol. The van der Waals surface area contributed by atoms with Crippen molar-refractivity contribution in [2.24, 2.45) is 5.73 Å². The Morgan fingerprint density at radius 1 is 1.11 bits per heavy atom. The number of hydrogen-bond donors (Lipinski definition) is 2. The van der Waals surface area contributed by atoms with E-state index in [-0.39, 0.29) is 17.4 Å². The maximum absolute atomic E-state index is 13.7. The number of carbonyl (C=O) groups excluding carboxylic acids is 1. The number of amidine groups is 1. The first-order valence-electron chi connectivity index (χ1n) is 12.7. The van der Waals surface area contributed by atoms with E-state index in [0.29, 0.717) is 29.9 Å². The molecule has 3 N–H and O–H groups in total. The number of likely N-dealkylation sites (tertiary alicyclic amines) is 1. The molecule has 0 radical (unpaired) electrons. The lowest BCUT2D eigenvalue weighted by atomic mass is 9.97. The molecule has 1 fully saturated rings. The molecule has 1 amide bonds. The van der Waals surface area contributed by atoms with Gasteiger partial charge in [-0.25, -0.2) is 0 Å². The van der Waals surface area contributed by atoms with Crippen LogP contribution in [0.2, 0.25) is 0 Å². The Morgan fingerprint density at radius 2 is 1.83 bits per heavy atom. The van der Waals surface area contributed by atoms with Crippen molar-refractivity contribution in [3.63, 3.8) is 0 Å². The van der Waals surface area contributed by atoms with Gasteiger partial charge in [0.25, 0.3) is 5.69 Å². The number of thioether (sulfide) groups is 1. The molecule has 2 heterocycles. The van der Waals surface area contributed by atoms with Crippen molar-refractivity contribution >= 4 is 34.9 Å². The topological polar surface area (TPSA) is 117 Å². The number of carbonyl (C=O) groups is 1. The molecule has 3 atom stereocenters. The highest BCUT2D eigenvalue weighted by Gasteiger charge is 2.35.